The van der Waals surface area contributed by atoms with Gasteiger partial charge in [0.2, 0.25) is 0 Å². The molecule has 3 aromatic rings. The fourth-order valence-electron chi connectivity index (χ4n) is 6.38. The van der Waals surface area contributed by atoms with E-state index in [-0.39, 0.29) is 0 Å². The van der Waals surface area contributed by atoms with Gasteiger partial charge < -0.3 is 0 Å². The van der Waals surface area contributed by atoms with Crippen LogP contribution in [0.15, 0.2) is 108 Å². The lowest BCUT2D eigenvalue weighted by molar-refractivity contribution is 0.669. The van der Waals surface area contributed by atoms with E-state index >= 15 is 0 Å². The third-order valence-corrected chi connectivity index (χ3v) is 8.65. The van der Waals surface area contributed by atoms with E-state index in [2.05, 4.69) is 111 Å². The summed E-state index contributed by atoms with van der Waals surface area (Å²) in [5.74, 6) is 0. The zero-order chi connectivity index (χ0) is 27.6. The highest BCUT2D eigenvalue weighted by atomic mass is 14.3. The Hall–Kier alpha value is -3.38. The van der Waals surface area contributed by atoms with Crippen LogP contribution in [-0.2, 0) is 0 Å². The Bertz CT molecular complexity index is 1270. The van der Waals surface area contributed by atoms with Gasteiger partial charge in [0.1, 0.15) is 0 Å². The first-order chi connectivity index (χ1) is 19.8. The molecule has 0 nitrogen and oxygen atoms in total. The molecule has 0 saturated carbocycles. The number of benzene rings is 3. The summed E-state index contributed by atoms with van der Waals surface area (Å²) in [6.45, 7) is 4.59. The molecule has 0 atom stereocenters. The topological polar surface area (TPSA) is 0 Å². The summed E-state index contributed by atoms with van der Waals surface area (Å²) in [5, 5.41) is 0. The third-order valence-electron chi connectivity index (χ3n) is 8.65. The maximum absolute atomic E-state index is 2.52. The van der Waals surface area contributed by atoms with Crippen LogP contribution < -0.4 is 0 Å². The molecular weight excluding hydrogens is 480 g/mol. The van der Waals surface area contributed by atoms with Crippen molar-refractivity contribution in [1.82, 2.24) is 0 Å². The van der Waals surface area contributed by atoms with Gasteiger partial charge in [0, 0.05) is 0 Å². The molecule has 0 radical (unpaired) electrons. The molecular formula is C40H46. The zero-order valence-corrected chi connectivity index (χ0v) is 24.7. The Labute approximate surface area is 243 Å². The average molecular weight is 527 g/mol. The molecule has 0 heterocycles. The number of unbranched alkanes of at least 4 members (excludes halogenated alkanes) is 6. The first-order valence-corrected chi connectivity index (χ1v) is 15.8. The van der Waals surface area contributed by atoms with Crippen molar-refractivity contribution in [1.29, 1.82) is 0 Å². The van der Waals surface area contributed by atoms with Gasteiger partial charge in [-0.15, -0.1) is 0 Å². The smallest absolute Gasteiger partial charge is 0.00111 e. The second-order valence-electron chi connectivity index (χ2n) is 11.6. The number of hydrogen-bond acceptors (Lipinski definition) is 0. The van der Waals surface area contributed by atoms with Crippen LogP contribution in [0.3, 0.4) is 0 Å². The molecule has 0 amide bonds. The highest BCUT2D eigenvalue weighted by molar-refractivity contribution is 5.92. The first-order valence-electron chi connectivity index (χ1n) is 15.8. The monoisotopic (exact) mass is 526 g/mol. The van der Waals surface area contributed by atoms with E-state index in [1.54, 1.807) is 11.1 Å². The van der Waals surface area contributed by atoms with Crippen molar-refractivity contribution >= 4 is 22.3 Å². The van der Waals surface area contributed by atoms with Gasteiger partial charge in [-0.1, -0.05) is 143 Å². The van der Waals surface area contributed by atoms with Crippen molar-refractivity contribution in [3.8, 4) is 0 Å². The fraction of sp³-hybridized carbons (Fsp3) is 0.350. The normalized spacial score (nSPS) is 15.2. The van der Waals surface area contributed by atoms with E-state index < -0.39 is 0 Å². The number of rotatable bonds is 14. The Morgan fingerprint density at radius 2 is 0.875 bits per heavy atom. The summed E-state index contributed by atoms with van der Waals surface area (Å²) in [4.78, 5) is 0. The molecule has 0 saturated heterocycles. The van der Waals surface area contributed by atoms with Crippen molar-refractivity contribution in [2.45, 2.75) is 90.9 Å². The van der Waals surface area contributed by atoms with Crippen LogP contribution in [0.5, 0.6) is 0 Å². The first kappa shape index (κ1) is 28.2. The molecule has 0 unspecified atom stereocenters. The third kappa shape index (κ3) is 7.03. The molecule has 2 aliphatic carbocycles. The van der Waals surface area contributed by atoms with E-state index in [1.165, 1.54) is 109 Å². The van der Waals surface area contributed by atoms with Gasteiger partial charge in [0.05, 0.1) is 0 Å². The molecule has 0 heteroatoms. The van der Waals surface area contributed by atoms with Gasteiger partial charge in [-0.05, 0) is 100 Å². The number of hydrogen-bond donors (Lipinski definition) is 0. The summed E-state index contributed by atoms with van der Waals surface area (Å²) >= 11 is 0. The summed E-state index contributed by atoms with van der Waals surface area (Å²) in [5.41, 5.74) is 14.6. The Morgan fingerprint density at radius 1 is 0.450 bits per heavy atom. The largest absolute Gasteiger partial charge is 0.0654 e. The second-order valence-corrected chi connectivity index (χ2v) is 11.6. The highest BCUT2D eigenvalue weighted by Gasteiger charge is 2.21. The minimum atomic E-state index is 1.03. The predicted octanol–water partition coefficient (Wildman–Crippen LogP) is 12.1. The maximum atomic E-state index is 2.52. The SMILES string of the molecule is CCCCCCC1=C(c2ccccc2)CC(c2cccc(C3=CC(CCCCCC)=C(c4ccccc4)C3)c2)=C1. The second kappa shape index (κ2) is 14.3. The Morgan fingerprint density at radius 3 is 1.30 bits per heavy atom. The van der Waals surface area contributed by atoms with Gasteiger partial charge in [0.15, 0.2) is 0 Å². The van der Waals surface area contributed by atoms with Gasteiger partial charge >= 0.3 is 0 Å². The van der Waals surface area contributed by atoms with Crippen molar-refractivity contribution in [2.75, 3.05) is 0 Å². The van der Waals surface area contributed by atoms with E-state index in [0.29, 0.717) is 0 Å². The standard InChI is InChI=1S/C40H46/c1-3-5-7-11-22-35-27-37(29-39(35)31-18-13-9-14-19-31)33-24-17-25-34(26-33)38-28-36(23-12-8-6-4-2)40(30-38)32-20-15-10-16-21-32/h9-10,13-21,24-28H,3-8,11-12,22-23,29-30H2,1-2H3. The lowest BCUT2D eigenvalue weighted by atomic mass is 9.94. The van der Waals surface area contributed by atoms with Gasteiger partial charge in [-0.25, -0.2) is 0 Å². The minimum absolute atomic E-state index is 1.03. The van der Waals surface area contributed by atoms with Crippen molar-refractivity contribution in [3.05, 3.63) is 130 Å². The molecule has 0 N–H and O–H groups in total. The summed E-state index contributed by atoms with van der Waals surface area (Å²) in [7, 11) is 0. The molecule has 2 aliphatic rings. The molecule has 206 valence electrons. The molecule has 0 fully saturated rings. The van der Waals surface area contributed by atoms with Crippen LogP contribution in [0.4, 0.5) is 0 Å². The van der Waals surface area contributed by atoms with Crippen LogP contribution in [0.25, 0.3) is 22.3 Å². The highest BCUT2D eigenvalue weighted by Crippen LogP contribution is 2.43. The average Bonchev–Trinajstić information content (AvgIpc) is 3.64. The lowest BCUT2D eigenvalue weighted by Gasteiger charge is -2.11. The van der Waals surface area contributed by atoms with Crippen molar-refractivity contribution < 1.29 is 0 Å². The van der Waals surface area contributed by atoms with E-state index in [1.807, 2.05) is 0 Å². The van der Waals surface area contributed by atoms with Crippen LogP contribution in [0, 0.1) is 0 Å². The van der Waals surface area contributed by atoms with E-state index in [0.717, 1.165) is 12.8 Å². The zero-order valence-electron chi connectivity index (χ0n) is 24.7. The Balaban J connectivity index is 1.37. The fourth-order valence-corrected chi connectivity index (χ4v) is 6.38. The van der Waals surface area contributed by atoms with Crippen LogP contribution >= 0.6 is 0 Å². The summed E-state index contributed by atoms with van der Waals surface area (Å²) in [6, 6.07) is 31.5. The predicted molar refractivity (Wildman–Crippen MR) is 176 cm³/mol. The van der Waals surface area contributed by atoms with Gasteiger partial charge in [-0.2, -0.15) is 0 Å². The summed E-state index contributed by atoms with van der Waals surface area (Å²) in [6.07, 6.45) is 19.9. The van der Waals surface area contributed by atoms with Crippen molar-refractivity contribution in [3.63, 3.8) is 0 Å². The van der Waals surface area contributed by atoms with Crippen LogP contribution in [0.2, 0.25) is 0 Å². The van der Waals surface area contributed by atoms with E-state index in [9.17, 15) is 0 Å². The van der Waals surface area contributed by atoms with Gasteiger partial charge in [-0.3, -0.25) is 0 Å². The van der Waals surface area contributed by atoms with Crippen molar-refractivity contribution in [2.24, 2.45) is 0 Å². The molecule has 3 aromatic carbocycles. The van der Waals surface area contributed by atoms with Crippen LogP contribution in [-0.4, -0.2) is 0 Å². The molecule has 5 rings (SSSR count). The maximum Gasteiger partial charge on any atom is -0.00111 e. The van der Waals surface area contributed by atoms with Gasteiger partial charge in [0.25, 0.3) is 0 Å². The van der Waals surface area contributed by atoms with E-state index in [4.69, 9.17) is 0 Å². The molecule has 0 aromatic heterocycles. The molecule has 0 spiro atoms. The number of allylic oxidation sites excluding steroid dienone is 8. The van der Waals surface area contributed by atoms with Crippen LogP contribution in [0.1, 0.15) is 113 Å². The lowest BCUT2D eigenvalue weighted by Crippen LogP contribution is -1.89. The minimum Gasteiger partial charge on any atom is -0.0654 e. The Kier molecular flexibility index (Phi) is 10.1. The molecule has 0 aliphatic heterocycles. The quantitative estimate of drug-likeness (QED) is 0.183. The molecule has 40 heavy (non-hydrogen) atoms. The molecule has 0 bridgehead atoms. The summed E-state index contributed by atoms with van der Waals surface area (Å²) < 4.78 is 0.